The smallest absolute Gasteiger partial charge is 0.203 e. The first-order valence-corrected chi connectivity index (χ1v) is 5.08. The van der Waals surface area contributed by atoms with Crippen LogP contribution in [0, 0.1) is 6.07 Å². The summed E-state index contributed by atoms with van der Waals surface area (Å²) in [5.41, 5.74) is 0. The largest absolute Gasteiger partial charge is 0.493 e. The first-order chi connectivity index (χ1) is 7.33. The number of hydrogen-bond donors (Lipinski definition) is 0. The minimum Gasteiger partial charge on any atom is -0.493 e. The van der Waals surface area contributed by atoms with Crippen LogP contribution in [0.1, 0.15) is 19.8 Å². The predicted octanol–water partition coefficient (Wildman–Crippen LogP) is 2.68. The molecule has 83 valence electrons. The summed E-state index contributed by atoms with van der Waals surface area (Å²) in [4.78, 5) is 0. The molecule has 1 aromatic carbocycles. The van der Waals surface area contributed by atoms with Crippen molar-refractivity contribution in [1.29, 1.82) is 0 Å². The van der Waals surface area contributed by atoms with Gasteiger partial charge in [-0.25, -0.2) is 0 Å². The maximum Gasteiger partial charge on any atom is 0.203 e. The van der Waals surface area contributed by atoms with Gasteiger partial charge in [0.2, 0.25) is 5.75 Å². The fourth-order valence-electron chi connectivity index (χ4n) is 1.21. The molecule has 15 heavy (non-hydrogen) atoms. The molecule has 0 bridgehead atoms. The summed E-state index contributed by atoms with van der Waals surface area (Å²) in [6.07, 6.45) is 2.12. The van der Waals surface area contributed by atoms with Crippen molar-refractivity contribution in [2.75, 3.05) is 20.8 Å². The predicted molar refractivity (Wildman–Crippen MR) is 58.8 cm³/mol. The number of unbranched alkanes of at least 4 members (excludes halogenated alkanes) is 1. The number of ether oxygens (including phenoxy) is 3. The molecule has 0 saturated carbocycles. The molecule has 0 aliphatic heterocycles. The van der Waals surface area contributed by atoms with Crippen LogP contribution >= 0.6 is 0 Å². The van der Waals surface area contributed by atoms with E-state index in [4.69, 9.17) is 14.2 Å². The van der Waals surface area contributed by atoms with Crippen LogP contribution in [0.25, 0.3) is 0 Å². The second kappa shape index (κ2) is 6.17. The summed E-state index contributed by atoms with van der Waals surface area (Å²) < 4.78 is 16.0. The highest BCUT2D eigenvalue weighted by atomic mass is 16.5. The molecular formula is C12H17O3. The summed E-state index contributed by atoms with van der Waals surface area (Å²) in [5, 5.41) is 0. The van der Waals surface area contributed by atoms with Gasteiger partial charge in [-0.1, -0.05) is 13.3 Å². The first-order valence-electron chi connectivity index (χ1n) is 5.08. The van der Waals surface area contributed by atoms with Crippen molar-refractivity contribution < 1.29 is 14.2 Å². The molecule has 0 atom stereocenters. The van der Waals surface area contributed by atoms with Crippen LogP contribution in [0.4, 0.5) is 0 Å². The third-order valence-electron chi connectivity index (χ3n) is 2.06. The van der Waals surface area contributed by atoms with Gasteiger partial charge in [-0.3, -0.25) is 0 Å². The Bertz CT molecular complexity index is 275. The highest BCUT2D eigenvalue weighted by Gasteiger charge is 2.10. The van der Waals surface area contributed by atoms with Gasteiger partial charge in [0, 0.05) is 0 Å². The van der Waals surface area contributed by atoms with E-state index in [0.717, 1.165) is 12.8 Å². The molecule has 0 spiro atoms. The molecule has 3 nitrogen and oxygen atoms in total. The Kier molecular flexibility index (Phi) is 4.81. The van der Waals surface area contributed by atoms with Gasteiger partial charge in [-0.15, -0.1) is 0 Å². The van der Waals surface area contributed by atoms with Gasteiger partial charge in [0.25, 0.3) is 0 Å². The standard InChI is InChI=1S/C12H17O3/c1-4-5-9-15-12-10(13-2)7-6-8-11(12)14-3/h7-8H,4-5,9H2,1-3H3. The normalized spacial score (nSPS) is 9.80. The van der Waals surface area contributed by atoms with Crippen LogP contribution in [-0.4, -0.2) is 20.8 Å². The van der Waals surface area contributed by atoms with Crippen LogP contribution in [0.2, 0.25) is 0 Å². The van der Waals surface area contributed by atoms with Crippen LogP contribution in [0.5, 0.6) is 17.2 Å². The van der Waals surface area contributed by atoms with E-state index in [1.54, 1.807) is 26.4 Å². The Balaban J connectivity index is 2.80. The van der Waals surface area contributed by atoms with Gasteiger partial charge in [0.05, 0.1) is 20.8 Å². The van der Waals surface area contributed by atoms with E-state index in [1.807, 2.05) is 0 Å². The van der Waals surface area contributed by atoms with Crippen molar-refractivity contribution >= 4 is 0 Å². The topological polar surface area (TPSA) is 27.7 Å². The molecular weight excluding hydrogens is 192 g/mol. The second-order valence-electron chi connectivity index (χ2n) is 3.12. The molecule has 0 heterocycles. The number of rotatable bonds is 6. The van der Waals surface area contributed by atoms with Crippen molar-refractivity contribution in [1.82, 2.24) is 0 Å². The van der Waals surface area contributed by atoms with E-state index in [0.29, 0.717) is 23.9 Å². The quantitative estimate of drug-likeness (QED) is 0.674. The lowest BCUT2D eigenvalue weighted by Crippen LogP contribution is -2.00. The first kappa shape index (κ1) is 11.7. The molecule has 1 radical (unpaired) electrons. The highest BCUT2D eigenvalue weighted by molar-refractivity contribution is 5.50. The third kappa shape index (κ3) is 3.05. The molecule has 0 saturated heterocycles. The summed E-state index contributed by atoms with van der Waals surface area (Å²) in [6, 6.07) is 6.41. The maximum atomic E-state index is 5.62. The van der Waals surface area contributed by atoms with Crippen LogP contribution in [0.3, 0.4) is 0 Å². The summed E-state index contributed by atoms with van der Waals surface area (Å²) >= 11 is 0. The molecule has 0 N–H and O–H groups in total. The highest BCUT2D eigenvalue weighted by Crippen LogP contribution is 2.36. The van der Waals surface area contributed by atoms with Gasteiger partial charge in [0.1, 0.15) is 0 Å². The molecule has 0 fully saturated rings. The molecule has 1 aromatic rings. The average Bonchev–Trinajstić information content (AvgIpc) is 2.29. The van der Waals surface area contributed by atoms with Gasteiger partial charge in [-0.2, -0.15) is 0 Å². The average molecular weight is 209 g/mol. The van der Waals surface area contributed by atoms with E-state index in [-0.39, 0.29) is 0 Å². The summed E-state index contributed by atoms with van der Waals surface area (Å²) in [6.45, 7) is 2.80. The van der Waals surface area contributed by atoms with Crippen LogP contribution < -0.4 is 14.2 Å². The van der Waals surface area contributed by atoms with Gasteiger partial charge < -0.3 is 14.2 Å². The van der Waals surface area contributed by atoms with Gasteiger partial charge in [0.15, 0.2) is 11.5 Å². The zero-order valence-corrected chi connectivity index (χ0v) is 9.50. The lowest BCUT2D eigenvalue weighted by atomic mass is 10.3. The number of benzene rings is 1. The minimum atomic E-state index is 0.658. The molecule has 3 heteroatoms. The Hall–Kier alpha value is -1.38. The number of methoxy groups -OCH3 is 2. The van der Waals surface area contributed by atoms with Crippen molar-refractivity contribution in [3.05, 3.63) is 18.2 Å². The third-order valence-corrected chi connectivity index (χ3v) is 2.06. The molecule has 0 amide bonds. The second-order valence-corrected chi connectivity index (χ2v) is 3.12. The molecule has 0 unspecified atom stereocenters. The van der Waals surface area contributed by atoms with E-state index in [9.17, 15) is 0 Å². The lowest BCUT2D eigenvalue weighted by molar-refractivity contribution is 0.270. The van der Waals surface area contributed by atoms with E-state index in [2.05, 4.69) is 13.0 Å². The van der Waals surface area contributed by atoms with Crippen LogP contribution in [-0.2, 0) is 0 Å². The molecule has 0 aromatic heterocycles. The van der Waals surface area contributed by atoms with Gasteiger partial charge >= 0.3 is 0 Å². The van der Waals surface area contributed by atoms with Crippen molar-refractivity contribution in [3.63, 3.8) is 0 Å². The van der Waals surface area contributed by atoms with E-state index >= 15 is 0 Å². The molecule has 0 aliphatic carbocycles. The molecule has 1 rings (SSSR count). The Morgan fingerprint density at radius 3 is 2.20 bits per heavy atom. The maximum absolute atomic E-state index is 5.62. The van der Waals surface area contributed by atoms with Crippen molar-refractivity contribution in [2.45, 2.75) is 19.8 Å². The lowest BCUT2D eigenvalue weighted by Gasteiger charge is -2.13. The Morgan fingerprint density at radius 2 is 1.73 bits per heavy atom. The fourth-order valence-corrected chi connectivity index (χ4v) is 1.21. The SMILES string of the molecule is CCCCOc1c(OC)c[c]cc1OC. The number of hydrogen-bond acceptors (Lipinski definition) is 3. The summed E-state index contributed by atoms with van der Waals surface area (Å²) in [7, 11) is 3.21. The van der Waals surface area contributed by atoms with Crippen molar-refractivity contribution in [3.8, 4) is 17.2 Å². The van der Waals surface area contributed by atoms with E-state index in [1.165, 1.54) is 0 Å². The summed E-state index contributed by atoms with van der Waals surface area (Å²) in [5.74, 6) is 1.98. The zero-order valence-electron chi connectivity index (χ0n) is 9.50. The monoisotopic (exact) mass is 209 g/mol. The fraction of sp³-hybridized carbons (Fsp3) is 0.500. The Labute approximate surface area is 91.0 Å². The Morgan fingerprint density at radius 1 is 1.13 bits per heavy atom. The zero-order chi connectivity index (χ0) is 11.1. The minimum absolute atomic E-state index is 0.658. The van der Waals surface area contributed by atoms with Crippen molar-refractivity contribution in [2.24, 2.45) is 0 Å². The van der Waals surface area contributed by atoms with Gasteiger partial charge in [-0.05, 0) is 24.6 Å². The molecule has 0 aliphatic rings. The van der Waals surface area contributed by atoms with Crippen LogP contribution in [0.15, 0.2) is 12.1 Å². The van der Waals surface area contributed by atoms with E-state index < -0.39 is 0 Å².